The van der Waals surface area contributed by atoms with Gasteiger partial charge in [-0.3, -0.25) is 4.90 Å². The second-order valence-corrected chi connectivity index (χ2v) is 7.20. The maximum atomic E-state index is 12.4. The Balaban J connectivity index is 1.52. The summed E-state index contributed by atoms with van der Waals surface area (Å²) in [7, 11) is 0. The van der Waals surface area contributed by atoms with Crippen LogP contribution in [0.15, 0.2) is 42.5 Å². The normalized spacial score (nSPS) is 18.2. The minimum absolute atomic E-state index is 0.149. The molecule has 1 N–H and O–H groups in total. The molecule has 0 spiro atoms. The molecule has 6 heteroatoms. The van der Waals surface area contributed by atoms with Crippen LogP contribution in [-0.2, 0) is 6.42 Å². The zero-order valence-corrected chi connectivity index (χ0v) is 14.7. The summed E-state index contributed by atoms with van der Waals surface area (Å²) in [6.45, 7) is 1.19. The lowest BCUT2D eigenvalue weighted by Gasteiger charge is -2.14. The van der Waals surface area contributed by atoms with Crippen LogP contribution in [-0.4, -0.2) is 30.2 Å². The molecule has 128 valence electrons. The largest absolute Gasteiger partial charge is 0.493 e. The van der Waals surface area contributed by atoms with Crippen molar-refractivity contribution >= 4 is 32.7 Å². The van der Waals surface area contributed by atoms with E-state index in [1.54, 1.807) is 4.90 Å². The fourth-order valence-corrected chi connectivity index (χ4v) is 4.33. The molecule has 2 aliphatic rings. The molecule has 2 aliphatic heterocycles. The molecule has 5 nitrogen and oxygen atoms in total. The van der Waals surface area contributed by atoms with Gasteiger partial charge in [0.15, 0.2) is 5.13 Å². The van der Waals surface area contributed by atoms with Crippen LogP contribution in [0.25, 0.3) is 10.2 Å². The number of nitrogens with one attached hydrogen (secondary N) is 1. The van der Waals surface area contributed by atoms with Crippen LogP contribution < -0.4 is 15.0 Å². The van der Waals surface area contributed by atoms with E-state index in [1.807, 2.05) is 42.5 Å². The van der Waals surface area contributed by atoms with E-state index in [9.17, 15) is 4.79 Å². The van der Waals surface area contributed by atoms with E-state index in [0.29, 0.717) is 18.3 Å². The minimum atomic E-state index is -0.229. The maximum Gasteiger partial charge on any atom is 0.324 e. The lowest BCUT2D eigenvalue weighted by Crippen LogP contribution is -2.33. The molecule has 0 aliphatic carbocycles. The Labute approximate surface area is 154 Å². The highest BCUT2D eigenvalue weighted by Gasteiger charge is 2.33. The first-order chi connectivity index (χ1) is 12.8. The van der Waals surface area contributed by atoms with Gasteiger partial charge in [-0.1, -0.05) is 41.4 Å². The van der Waals surface area contributed by atoms with E-state index < -0.39 is 0 Å². The van der Waals surface area contributed by atoms with Gasteiger partial charge in [0.2, 0.25) is 0 Å². The molecule has 0 bridgehead atoms. The number of anilines is 1. The third-order valence-corrected chi connectivity index (χ3v) is 5.58. The molecule has 2 amide bonds. The van der Waals surface area contributed by atoms with Crippen LogP contribution in [0, 0.1) is 11.8 Å². The summed E-state index contributed by atoms with van der Waals surface area (Å²) in [6.07, 6.45) is 0.860. The van der Waals surface area contributed by atoms with Crippen LogP contribution in [0.3, 0.4) is 0 Å². The predicted octanol–water partition coefficient (Wildman–Crippen LogP) is 3.18. The van der Waals surface area contributed by atoms with Gasteiger partial charge in [-0.25, -0.2) is 9.78 Å². The van der Waals surface area contributed by atoms with Gasteiger partial charge in [-0.2, -0.15) is 0 Å². The van der Waals surface area contributed by atoms with Crippen LogP contribution in [0.4, 0.5) is 9.93 Å². The van der Waals surface area contributed by atoms with Crippen molar-refractivity contribution in [2.45, 2.75) is 12.5 Å². The highest BCUT2D eigenvalue weighted by Crippen LogP contribution is 2.38. The van der Waals surface area contributed by atoms with Crippen molar-refractivity contribution in [2.24, 2.45) is 0 Å². The average Bonchev–Trinajstić information content (AvgIpc) is 3.37. The number of ether oxygens (including phenoxy) is 1. The smallest absolute Gasteiger partial charge is 0.324 e. The number of benzene rings is 2. The zero-order chi connectivity index (χ0) is 17.5. The molecule has 26 heavy (non-hydrogen) atoms. The summed E-state index contributed by atoms with van der Waals surface area (Å²) < 4.78 is 6.69. The van der Waals surface area contributed by atoms with E-state index in [4.69, 9.17) is 9.72 Å². The summed E-state index contributed by atoms with van der Waals surface area (Å²) in [5.74, 6) is 7.27. The molecular formula is C20H15N3O2S. The lowest BCUT2D eigenvalue weighted by atomic mass is 10.1. The van der Waals surface area contributed by atoms with Crippen molar-refractivity contribution in [1.29, 1.82) is 0 Å². The first-order valence-corrected chi connectivity index (χ1v) is 9.30. The fourth-order valence-electron chi connectivity index (χ4n) is 3.29. The second-order valence-electron chi connectivity index (χ2n) is 6.19. The molecule has 1 aromatic heterocycles. The molecule has 1 fully saturated rings. The number of carbonyl (C=O) groups excluding carboxylic acids is 1. The van der Waals surface area contributed by atoms with Gasteiger partial charge >= 0.3 is 6.03 Å². The quantitative estimate of drug-likeness (QED) is 0.678. The molecule has 0 unspecified atom stereocenters. The summed E-state index contributed by atoms with van der Waals surface area (Å²) in [6, 6.07) is 13.4. The van der Waals surface area contributed by atoms with Gasteiger partial charge in [0.05, 0.1) is 23.4 Å². The van der Waals surface area contributed by atoms with Crippen molar-refractivity contribution < 1.29 is 9.53 Å². The Morgan fingerprint density at radius 1 is 1.23 bits per heavy atom. The van der Waals surface area contributed by atoms with Crippen molar-refractivity contribution in [3.8, 4) is 17.6 Å². The minimum Gasteiger partial charge on any atom is -0.493 e. The molecule has 0 saturated carbocycles. The van der Waals surface area contributed by atoms with Gasteiger partial charge < -0.3 is 10.1 Å². The van der Waals surface area contributed by atoms with Crippen molar-refractivity contribution in [2.75, 3.05) is 18.1 Å². The lowest BCUT2D eigenvalue weighted by molar-refractivity contribution is 0.252. The number of amides is 2. The monoisotopic (exact) mass is 361 g/mol. The Bertz CT molecular complexity index is 1070. The van der Waals surface area contributed by atoms with Gasteiger partial charge in [-0.15, -0.1) is 0 Å². The Morgan fingerprint density at radius 3 is 3.00 bits per heavy atom. The third kappa shape index (κ3) is 2.49. The van der Waals surface area contributed by atoms with E-state index in [1.165, 1.54) is 11.3 Å². The Morgan fingerprint density at radius 2 is 2.12 bits per heavy atom. The standard InChI is InChI=1S/C20H15N3O2S/c24-19-21-12-14(7-6-13-4-2-1-3-5-13)23(19)20-22-18-15-10-11-25-16(15)8-9-17(18)26-20/h1-5,8-9,14H,10-12H2,(H,21,24)/t14-/m1/s1. The number of thiazole rings is 1. The van der Waals surface area contributed by atoms with Gasteiger partial charge in [0.1, 0.15) is 11.8 Å². The number of fused-ring (bicyclic) bond motifs is 3. The average molecular weight is 361 g/mol. The Kier molecular flexibility index (Phi) is 3.54. The Hall–Kier alpha value is -3.04. The highest BCUT2D eigenvalue weighted by atomic mass is 32.1. The number of carbonyl (C=O) groups is 1. The van der Waals surface area contributed by atoms with Crippen molar-refractivity contribution in [3.05, 3.63) is 53.6 Å². The van der Waals surface area contributed by atoms with Gasteiger partial charge in [0, 0.05) is 17.5 Å². The van der Waals surface area contributed by atoms with Crippen LogP contribution in [0.5, 0.6) is 5.75 Å². The fraction of sp³-hybridized carbons (Fsp3) is 0.200. The predicted molar refractivity (Wildman–Crippen MR) is 102 cm³/mol. The van der Waals surface area contributed by atoms with Crippen LogP contribution in [0.2, 0.25) is 0 Å². The van der Waals surface area contributed by atoms with Gasteiger partial charge in [-0.05, 0) is 24.3 Å². The molecule has 3 aromatic rings. The number of aromatic nitrogens is 1. The second kappa shape index (κ2) is 6.04. The van der Waals surface area contributed by atoms with Crippen molar-refractivity contribution in [3.63, 3.8) is 0 Å². The summed E-state index contributed by atoms with van der Waals surface area (Å²) in [5, 5.41) is 3.56. The summed E-state index contributed by atoms with van der Waals surface area (Å²) in [4.78, 5) is 18.8. The van der Waals surface area contributed by atoms with Gasteiger partial charge in [0.25, 0.3) is 0 Å². The number of hydrogen-bond acceptors (Lipinski definition) is 4. The molecule has 0 radical (unpaired) electrons. The van der Waals surface area contributed by atoms with Crippen LogP contribution >= 0.6 is 11.3 Å². The summed E-state index contributed by atoms with van der Waals surface area (Å²) >= 11 is 1.52. The molecule has 1 saturated heterocycles. The zero-order valence-electron chi connectivity index (χ0n) is 13.9. The molecule has 5 rings (SSSR count). The summed E-state index contributed by atoms with van der Waals surface area (Å²) in [5.41, 5.74) is 3.01. The van der Waals surface area contributed by atoms with Crippen LogP contribution in [0.1, 0.15) is 11.1 Å². The number of hydrogen-bond donors (Lipinski definition) is 1. The third-order valence-electron chi connectivity index (χ3n) is 4.56. The van der Waals surface area contributed by atoms with E-state index >= 15 is 0 Å². The number of urea groups is 1. The number of rotatable bonds is 1. The molecular weight excluding hydrogens is 346 g/mol. The van der Waals surface area contributed by atoms with E-state index in [0.717, 1.165) is 33.5 Å². The first-order valence-electron chi connectivity index (χ1n) is 8.48. The van der Waals surface area contributed by atoms with E-state index in [2.05, 4.69) is 17.2 Å². The van der Waals surface area contributed by atoms with E-state index in [-0.39, 0.29) is 12.1 Å². The maximum absolute atomic E-state index is 12.4. The molecule has 1 atom stereocenters. The highest BCUT2D eigenvalue weighted by molar-refractivity contribution is 7.22. The topological polar surface area (TPSA) is 54.5 Å². The molecule has 3 heterocycles. The first kappa shape index (κ1) is 15.2. The van der Waals surface area contributed by atoms with Crippen molar-refractivity contribution in [1.82, 2.24) is 10.3 Å². The molecule has 2 aromatic carbocycles. The SMILES string of the molecule is O=C1NC[C@@H](C#Cc2ccccc2)N1c1nc2c3c(ccc2s1)OCC3. The number of nitrogens with zero attached hydrogens (tertiary/aromatic N) is 2.